The highest BCUT2D eigenvalue weighted by Crippen LogP contribution is 2.38. The number of aromatic nitrogens is 2. The number of amides is 1. The monoisotopic (exact) mass is 431 g/mol. The van der Waals surface area contributed by atoms with E-state index in [9.17, 15) is 9.18 Å². The molecule has 0 radical (unpaired) electrons. The van der Waals surface area contributed by atoms with Gasteiger partial charge >= 0.3 is 6.09 Å². The van der Waals surface area contributed by atoms with Crippen LogP contribution in [-0.4, -0.2) is 47.5 Å². The molecule has 1 amide bonds. The Morgan fingerprint density at radius 1 is 1.35 bits per heavy atom. The topological polar surface area (TPSA) is 116 Å². The van der Waals surface area contributed by atoms with Gasteiger partial charge in [0.25, 0.3) is 0 Å². The van der Waals surface area contributed by atoms with Crippen LogP contribution in [-0.2, 0) is 0 Å². The number of nitrogens with one attached hydrogen (secondary N) is 1. The molecule has 4 rings (SSSR count). The molecular formula is C21H22FN3O6. The summed E-state index contributed by atoms with van der Waals surface area (Å²) in [6, 6.07) is 4.02. The summed E-state index contributed by atoms with van der Waals surface area (Å²) in [7, 11) is 1.45. The van der Waals surface area contributed by atoms with Gasteiger partial charge in [0.1, 0.15) is 12.1 Å². The molecule has 0 bridgehead atoms. The predicted molar refractivity (Wildman–Crippen MR) is 108 cm³/mol. The van der Waals surface area contributed by atoms with E-state index in [4.69, 9.17) is 23.7 Å². The Labute approximate surface area is 177 Å². The first kappa shape index (κ1) is 20.7. The molecule has 0 saturated heterocycles. The second kappa shape index (κ2) is 8.66. The molecule has 31 heavy (non-hydrogen) atoms. The average molecular weight is 431 g/mol. The summed E-state index contributed by atoms with van der Waals surface area (Å²) in [5.74, 6) is 0.713. The summed E-state index contributed by atoms with van der Waals surface area (Å²) in [6.45, 7) is 2.22. The Morgan fingerprint density at radius 3 is 2.87 bits per heavy atom. The number of benzene rings is 1. The molecular weight excluding hydrogens is 409 g/mol. The maximum absolute atomic E-state index is 14.7. The summed E-state index contributed by atoms with van der Waals surface area (Å²) in [6.07, 6.45) is 2.53. The fourth-order valence-corrected chi connectivity index (χ4v) is 2.95. The number of carboxylic acid groups (broad SMARTS) is 1. The molecule has 3 aromatic rings. The van der Waals surface area contributed by atoms with E-state index >= 15 is 0 Å². The summed E-state index contributed by atoms with van der Waals surface area (Å²) >= 11 is 0. The summed E-state index contributed by atoms with van der Waals surface area (Å²) in [4.78, 5) is 19.1. The van der Waals surface area contributed by atoms with Crippen molar-refractivity contribution in [1.82, 2.24) is 15.3 Å². The van der Waals surface area contributed by atoms with Crippen molar-refractivity contribution in [1.29, 1.82) is 0 Å². The number of hydrogen-bond donors (Lipinski definition) is 2. The van der Waals surface area contributed by atoms with E-state index in [1.807, 2.05) is 0 Å². The number of oxazole rings is 1. The first-order valence-electron chi connectivity index (χ1n) is 9.82. The van der Waals surface area contributed by atoms with Gasteiger partial charge in [0.15, 0.2) is 22.9 Å². The molecule has 1 saturated carbocycles. The van der Waals surface area contributed by atoms with Crippen molar-refractivity contribution >= 4 is 17.2 Å². The van der Waals surface area contributed by atoms with Crippen LogP contribution in [0.25, 0.3) is 22.6 Å². The zero-order valence-electron chi connectivity index (χ0n) is 17.1. The molecule has 9 nitrogen and oxygen atoms in total. The van der Waals surface area contributed by atoms with Crippen LogP contribution in [0.3, 0.4) is 0 Å². The summed E-state index contributed by atoms with van der Waals surface area (Å²) in [5, 5.41) is 11.0. The molecule has 1 fully saturated rings. The standard InChI is InChI=1S/C21H22FN3O6/c1-11(24-21(26)27)9-29-18-7-16-15(8-23-18)25-20(31-16)13-5-14(22)19(17(6-13)28-2)30-10-12-3-4-12/h5-8,11-12,24H,3-4,9-10H2,1-2H3,(H,26,27)/t11-/m0/s1. The molecule has 1 atom stereocenters. The molecule has 164 valence electrons. The number of nitrogens with zero attached hydrogens (tertiary/aromatic N) is 2. The van der Waals surface area contributed by atoms with Crippen LogP contribution in [0.15, 0.2) is 28.8 Å². The number of methoxy groups -OCH3 is 1. The molecule has 2 aromatic heterocycles. The maximum atomic E-state index is 14.7. The van der Waals surface area contributed by atoms with Crippen molar-refractivity contribution in [3.63, 3.8) is 0 Å². The second-order valence-electron chi connectivity index (χ2n) is 7.41. The van der Waals surface area contributed by atoms with Crippen molar-refractivity contribution in [2.75, 3.05) is 20.3 Å². The lowest BCUT2D eigenvalue weighted by Crippen LogP contribution is -2.35. The van der Waals surface area contributed by atoms with Gasteiger partial charge in [0.2, 0.25) is 11.8 Å². The van der Waals surface area contributed by atoms with Crippen molar-refractivity contribution in [2.45, 2.75) is 25.8 Å². The highest BCUT2D eigenvalue weighted by Gasteiger charge is 2.24. The number of rotatable bonds is 9. The normalized spacial score (nSPS) is 14.3. The van der Waals surface area contributed by atoms with Gasteiger partial charge in [-0.05, 0) is 37.8 Å². The molecule has 0 aliphatic heterocycles. The van der Waals surface area contributed by atoms with E-state index in [2.05, 4.69) is 15.3 Å². The molecule has 2 N–H and O–H groups in total. The van der Waals surface area contributed by atoms with E-state index in [1.54, 1.807) is 19.1 Å². The van der Waals surface area contributed by atoms with Gasteiger partial charge < -0.3 is 29.1 Å². The molecule has 1 aliphatic carbocycles. The molecule has 1 aliphatic rings. The molecule has 0 unspecified atom stereocenters. The quantitative estimate of drug-likeness (QED) is 0.525. The molecule has 0 spiro atoms. The summed E-state index contributed by atoms with van der Waals surface area (Å²) < 4.78 is 36.8. The smallest absolute Gasteiger partial charge is 0.404 e. The van der Waals surface area contributed by atoms with Gasteiger partial charge in [-0.3, -0.25) is 0 Å². The lowest BCUT2D eigenvalue weighted by molar-refractivity contribution is 0.182. The molecule has 2 heterocycles. The van der Waals surface area contributed by atoms with Crippen molar-refractivity contribution in [3.8, 4) is 28.8 Å². The van der Waals surface area contributed by atoms with Gasteiger partial charge in [0, 0.05) is 11.6 Å². The Morgan fingerprint density at radius 2 is 2.16 bits per heavy atom. The van der Waals surface area contributed by atoms with Crippen LogP contribution < -0.4 is 19.5 Å². The average Bonchev–Trinajstić information content (AvgIpc) is 3.46. The van der Waals surface area contributed by atoms with Crippen LogP contribution >= 0.6 is 0 Å². The highest BCUT2D eigenvalue weighted by molar-refractivity contribution is 5.76. The minimum Gasteiger partial charge on any atom is -0.493 e. The van der Waals surface area contributed by atoms with Gasteiger partial charge in [-0.25, -0.2) is 19.2 Å². The minimum absolute atomic E-state index is 0.0794. The van der Waals surface area contributed by atoms with Crippen molar-refractivity contribution < 1.29 is 32.9 Å². The third-order valence-electron chi connectivity index (χ3n) is 4.74. The first-order valence-corrected chi connectivity index (χ1v) is 9.82. The summed E-state index contributed by atoms with van der Waals surface area (Å²) in [5.41, 5.74) is 1.26. The van der Waals surface area contributed by atoms with Crippen LogP contribution in [0.5, 0.6) is 17.4 Å². The van der Waals surface area contributed by atoms with E-state index in [0.717, 1.165) is 12.8 Å². The Hall–Kier alpha value is -3.56. The predicted octanol–water partition coefficient (Wildman–Crippen LogP) is 3.86. The van der Waals surface area contributed by atoms with Gasteiger partial charge in [-0.2, -0.15) is 0 Å². The van der Waals surface area contributed by atoms with Crippen molar-refractivity contribution in [3.05, 3.63) is 30.2 Å². The number of fused-ring (bicyclic) bond motifs is 1. The van der Waals surface area contributed by atoms with Gasteiger partial charge in [0.05, 0.1) is 26.0 Å². The van der Waals surface area contributed by atoms with E-state index in [1.165, 1.54) is 19.4 Å². The van der Waals surface area contributed by atoms with E-state index in [-0.39, 0.29) is 29.9 Å². The number of hydrogen-bond acceptors (Lipinski definition) is 7. The molecule has 10 heteroatoms. The number of carbonyl (C=O) groups is 1. The van der Waals surface area contributed by atoms with Gasteiger partial charge in [-0.15, -0.1) is 0 Å². The number of ether oxygens (including phenoxy) is 3. The van der Waals surface area contributed by atoms with Gasteiger partial charge in [-0.1, -0.05) is 0 Å². The lowest BCUT2D eigenvalue weighted by Gasteiger charge is -2.12. The fourth-order valence-electron chi connectivity index (χ4n) is 2.95. The van der Waals surface area contributed by atoms with E-state index < -0.39 is 18.0 Å². The Bertz CT molecular complexity index is 1100. The van der Waals surface area contributed by atoms with Crippen LogP contribution in [0.2, 0.25) is 0 Å². The zero-order valence-corrected chi connectivity index (χ0v) is 17.1. The maximum Gasteiger partial charge on any atom is 0.404 e. The SMILES string of the molecule is COc1cc(-c2nc3cnc(OC[C@H](C)NC(=O)O)cc3o2)cc(F)c1OCC1CC1. The Kier molecular flexibility index (Phi) is 5.79. The fraction of sp³-hybridized carbons (Fsp3) is 0.381. The number of pyridine rings is 1. The molecule has 1 aromatic carbocycles. The third-order valence-corrected chi connectivity index (χ3v) is 4.74. The van der Waals surface area contributed by atoms with Crippen molar-refractivity contribution in [2.24, 2.45) is 5.92 Å². The zero-order chi connectivity index (χ0) is 22.0. The first-order chi connectivity index (χ1) is 14.9. The highest BCUT2D eigenvalue weighted by atomic mass is 19.1. The van der Waals surface area contributed by atoms with Crippen LogP contribution in [0.1, 0.15) is 19.8 Å². The second-order valence-corrected chi connectivity index (χ2v) is 7.41. The lowest BCUT2D eigenvalue weighted by atomic mass is 10.2. The van der Waals surface area contributed by atoms with Crippen LogP contribution in [0, 0.1) is 11.7 Å². The minimum atomic E-state index is -1.13. The Balaban J connectivity index is 1.53. The van der Waals surface area contributed by atoms with Crippen LogP contribution in [0.4, 0.5) is 9.18 Å². The largest absolute Gasteiger partial charge is 0.493 e. The number of halogens is 1. The van der Waals surface area contributed by atoms with E-state index in [0.29, 0.717) is 29.2 Å². The third kappa shape index (κ3) is 4.96.